The van der Waals surface area contributed by atoms with Crippen LogP contribution in [0.15, 0.2) is 0 Å². The average Bonchev–Trinajstić information content (AvgIpc) is 2.29. The van der Waals surface area contributed by atoms with E-state index in [0.29, 0.717) is 5.41 Å². The molecule has 0 saturated heterocycles. The molecule has 1 rings (SSSR count). The molecule has 0 aliphatic heterocycles. The summed E-state index contributed by atoms with van der Waals surface area (Å²) >= 11 is 0. The first kappa shape index (κ1) is 16.0. The molecule has 2 heteroatoms. The number of rotatable bonds is 8. The van der Waals surface area contributed by atoms with E-state index >= 15 is 0 Å². The molecule has 0 aromatic rings. The summed E-state index contributed by atoms with van der Waals surface area (Å²) in [4.78, 5) is 2.70. The van der Waals surface area contributed by atoms with Crippen LogP contribution >= 0.6 is 0 Å². The molecule has 1 N–H and O–H groups in total. The molecule has 0 aromatic carbocycles. The molecule has 18 heavy (non-hydrogen) atoms. The lowest BCUT2D eigenvalue weighted by Gasteiger charge is -2.43. The van der Waals surface area contributed by atoms with E-state index < -0.39 is 0 Å². The maximum absolute atomic E-state index is 3.46. The van der Waals surface area contributed by atoms with Gasteiger partial charge in [0, 0.05) is 13.1 Å². The third kappa shape index (κ3) is 4.89. The summed E-state index contributed by atoms with van der Waals surface area (Å²) < 4.78 is 0. The van der Waals surface area contributed by atoms with Crippen molar-refractivity contribution in [2.75, 3.05) is 33.2 Å². The number of nitrogens with zero attached hydrogens (tertiary/aromatic N) is 1. The molecule has 0 aromatic heterocycles. The molecule has 2 atom stereocenters. The molecule has 0 amide bonds. The summed E-state index contributed by atoms with van der Waals surface area (Å²) in [5.41, 5.74) is 0.538. The summed E-state index contributed by atoms with van der Waals surface area (Å²) in [6, 6.07) is 0. The van der Waals surface area contributed by atoms with Crippen molar-refractivity contribution < 1.29 is 0 Å². The van der Waals surface area contributed by atoms with Crippen molar-refractivity contribution in [3.05, 3.63) is 0 Å². The van der Waals surface area contributed by atoms with E-state index in [4.69, 9.17) is 0 Å². The van der Waals surface area contributed by atoms with Crippen LogP contribution in [-0.2, 0) is 0 Å². The number of nitrogens with one attached hydrogen (secondary N) is 1. The van der Waals surface area contributed by atoms with E-state index in [0.717, 1.165) is 5.92 Å². The van der Waals surface area contributed by atoms with Gasteiger partial charge in [-0.25, -0.2) is 0 Å². The number of hydrogen-bond donors (Lipinski definition) is 1. The Kier molecular flexibility index (Phi) is 7.25. The predicted octanol–water partition coefficient (Wildman–Crippen LogP) is 3.52. The van der Waals surface area contributed by atoms with Crippen molar-refractivity contribution in [2.24, 2.45) is 11.3 Å². The van der Waals surface area contributed by atoms with Gasteiger partial charge in [0.05, 0.1) is 0 Å². The fraction of sp³-hybridized carbons (Fsp3) is 1.00. The van der Waals surface area contributed by atoms with Gasteiger partial charge in [-0.05, 0) is 57.2 Å². The zero-order chi connectivity index (χ0) is 13.4. The highest BCUT2D eigenvalue weighted by molar-refractivity contribution is 4.89. The number of hydrogen-bond acceptors (Lipinski definition) is 2. The molecule has 1 saturated carbocycles. The molecule has 108 valence electrons. The predicted molar refractivity (Wildman–Crippen MR) is 81.0 cm³/mol. The van der Waals surface area contributed by atoms with E-state index in [-0.39, 0.29) is 0 Å². The highest BCUT2D eigenvalue weighted by Gasteiger charge is 2.35. The minimum Gasteiger partial charge on any atom is -0.319 e. The Bertz CT molecular complexity index is 207. The first-order valence-corrected chi connectivity index (χ1v) is 8.02. The van der Waals surface area contributed by atoms with Gasteiger partial charge in [-0.1, -0.05) is 33.6 Å². The van der Waals surface area contributed by atoms with Crippen molar-refractivity contribution in [1.82, 2.24) is 10.2 Å². The molecule has 1 fully saturated rings. The second-order valence-corrected chi connectivity index (χ2v) is 6.51. The molecule has 0 bridgehead atoms. The minimum atomic E-state index is 0.538. The molecule has 1 aliphatic carbocycles. The summed E-state index contributed by atoms with van der Waals surface area (Å²) in [6.07, 6.45) is 8.26. The second-order valence-electron chi connectivity index (χ2n) is 6.51. The van der Waals surface area contributed by atoms with Crippen molar-refractivity contribution >= 4 is 0 Å². The maximum atomic E-state index is 3.46. The molecule has 0 heterocycles. The lowest BCUT2D eigenvalue weighted by Crippen LogP contribution is -2.46. The Morgan fingerprint density at radius 1 is 1.22 bits per heavy atom. The average molecular weight is 254 g/mol. The van der Waals surface area contributed by atoms with Crippen LogP contribution in [0.2, 0.25) is 0 Å². The van der Waals surface area contributed by atoms with Gasteiger partial charge in [0.15, 0.2) is 0 Å². The quantitative estimate of drug-likeness (QED) is 0.713. The second kappa shape index (κ2) is 8.16. The van der Waals surface area contributed by atoms with Crippen molar-refractivity contribution in [3.63, 3.8) is 0 Å². The first-order valence-electron chi connectivity index (χ1n) is 8.02. The van der Waals surface area contributed by atoms with Crippen LogP contribution in [-0.4, -0.2) is 38.1 Å². The largest absolute Gasteiger partial charge is 0.319 e. The van der Waals surface area contributed by atoms with Gasteiger partial charge in [0.25, 0.3) is 0 Å². The van der Waals surface area contributed by atoms with Crippen LogP contribution in [0.3, 0.4) is 0 Å². The molecular formula is C16H34N2. The minimum absolute atomic E-state index is 0.538. The smallest absolute Gasteiger partial charge is 0.00502 e. The van der Waals surface area contributed by atoms with Gasteiger partial charge >= 0.3 is 0 Å². The van der Waals surface area contributed by atoms with Crippen LogP contribution in [0.1, 0.15) is 59.3 Å². The summed E-state index contributed by atoms with van der Waals surface area (Å²) in [6.45, 7) is 12.1. The Morgan fingerprint density at radius 3 is 2.39 bits per heavy atom. The fourth-order valence-corrected chi connectivity index (χ4v) is 3.88. The third-order valence-corrected chi connectivity index (χ3v) is 4.38. The Morgan fingerprint density at radius 2 is 1.89 bits per heavy atom. The van der Waals surface area contributed by atoms with Gasteiger partial charge in [0.1, 0.15) is 0 Å². The molecule has 0 spiro atoms. The van der Waals surface area contributed by atoms with Gasteiger partial charge in [-0.15, -0.1) is 0 Å². The van der Waals surface area contributed by atoms with E-state index in [1.165, 1.54) is 64.7 Å². The SMILES string of the molecule is CCCN(CCC)CC1(CNC)CCCC(C)C1. The van der Waals surface area contributed by atoms with E-state index in [9.17, 15) is 0 Å². The Hall–Kier alpha value is -0.0800. The standard InChI is InChI=1S/C16H34N2/c1-5-10-18(11-6-2)14-16(13-17-4)9-7-8-15(3)12-16/h15,17H,5-14H2,1-4H3. The monoisotopic (exact) mass is 254 g/mol. The van der Waals surface area contributed by atoms with Crippen molar-refractivity contribution in [1.29, 1.82) is 0 Å². The zero-order valence-corrected chi connectivity index (χ0v) is 13.1. The van der Waals surface area contributed by atoms with Crippen LogP contribution in [0.4, 0.5) is 0 Å². The van der Waals surface area contributed by atoms with Crippen LogP contribution in [0, 0.1) is 11.3 Å². The maximum Gasteiger partial charge on any atom is 0.00502 e. The van der Waals surface area contributed by atoms with Gasteiger partial charge < -0.3 is 10.2 Å². The van der Waals surface area contributed by atoms with E-state index in [2.05, 4.69) is 38.0 Å². The molecular weight excluding hydrogens is 220 g/mol. The third-order valence-electron chi connectivity index (χ3n) is 4.38. The highest BCUT2D eigenvalue weighted by atomic mass is 15.1. The molecule has 2 unspecified atom stereocenters. The Labute approximate surface area is 115 Å². The normalized spacial score (nSPS) is 28.8. The van der Waals surface area contributed by atoms with Gasteiger partial charge in [0.2, 0.25) is 0 Å². The fourth-order valence-electron chi connectivity index (χ4n) is 3.88. The highest BCUT2D eigenvalue weighted by Crippen LogP contribution is 2.39. The van der Waals surface area contributed by atoms with Gasteiger partial charge in [-0.2, -0.15) is 0 Å². The lowest BCUT2D eigenvalue weighted by molar-refractivity contribution is 0.0816. The summed E-state index contributed by atoms with van der Waals surface area (Å²) in [5, 5.41) is 3.46. The molecule has 0 radical (unpaired) electrons. The lowest BCUT2D eigenvalue weighted by atomic mass is 9.69. The molecule has 1 aliphatic rings. The van der Waals surface area contributed by atoms with Crippen molar-refractivity contribution in [3.8, 4) is 0 Å². The van der Waals surface area contributed by atoms with E-state index in [1.54, 1.807) is 0 Å². The Balaban J connectivity index is 2.63. The van der Waals surface area contributed by atoms with Crippen LogP contribution in [0.5, 0.6) is 0 Å². The first-order chi connectivity index (χ1) is 8.65. The van der Waals surface area contributed by atoms with Crippen LogP contribution < -0.4 is 5.32 Å². The van der Waals surface area contributed by atoms with Gasteiger partial charge in [-0.3, -0.25) is 0 Å². The topological polar surface area (TPSA) is 15.3 Å². The summed E-state index contributed by atoms with van der Waals surface area (Å²) in [7, 11) is 2.12. The van der Waals surface area contributed by atoms with E-state index in [1.807, 2.05) is 0 Å². The summed E-state index contributed by atoms with van der Waals surface area (Å²) in [5.74, 6) is 0.914. The molecule has 2 nitrogen and oxygen atoms in total. The van der Waals surface area contributed by atoms with Crippen molar-refractivity contribution in [2.45, 2.75) is 59.3 Å². The van der Waals surface area contributed by atoms with Crippen LogP contribution in [0.25, 0.3) is 0 Å². The zero-order valence-electron chi connectivity index (χ0n) is 13.1.